The molecule has 0 amide bonds. The summed E-state index contributed by atoms with van der Waals surface area (Å²) in [4.78, 5) is 0. The number of halogens is 2. The standard InChI is InChI=1S/C16H17BrClNO/c1-2-13(19)8-11-4-3-5-14(9-11)20-16-10-12(17)6-7-15(16)18/h3-7,9-10,13H,2,8,19H2,1H3. The fourth-order valence-electron chi connectivity index (χ4n) is 1.87. The molecule has 2 N–H and O–H groups in total. The quantitative estimate of drug-likeness (QED) is 0.803. The molecule has 0 saturated heterocycles. The maximum atomic E-state index is 6.13. The molecule has 0 aromatic heterocycles. The zero-order valence-corrected chi connectivity index (χ0v) is 13.6. The molecule has 2 aromatic rings. The van der Waals surface area contributed by atoms with E-state index in [-0.39, 0.29) is 6.04 Å². The predicted octanol–water partition coefficient (Wildman–Crippen LogP) is 5.17. The van der Waals surface area contributed by atoms with Gasteiger partial charge in [0.05, 0.1) is 5.02 Å². The van der Waals surface area contributed by atoms with Crippen molar-refractivity contribution in [1.82, 2.24) is 0 Å². The summed E-state index contributed by atoms with van der Waals surface area (Å²) >= 11 is 9.54. The van der Waals surface area contributed by atoms with Crippen molar-refractivity contribution >= 4 is 27.5 Å². The Kier molecular flexibility index (Phi) is 5.46. The van der Waals surface area contributed by atoms with Crippen LogP contribution >= 0.6 is 27.5 Å². The van der Waals surface area contributed by atoms with Crippen molar-refractivity contribution in [3.8, 4) is 11.5 Å². The Morgan fingerprint density at radius 2 is 2.05 bits per heavy atom. The summed E-state index contributed by atoms with van der Waals surface area (Å²) in [6.07, 6.45) is 1.81. The molecule has 106 valence electrons. The molecule has 1 unspecified atom stereocenters. The fourth-order valence-corrected chi connectivity index (χ4v) is 2.36. The van der Waals surface area contributed by atoms with E-state index in [0.717, 1.165) is 23.1 Å². The average Bonchev–Trinajstić information content (AvgIpc) is 2.43. The van der Waals surface area contributed by atoms with Gasteiger partial charge in [0, 0.05) is 10.5 Å². The van der Waals surface area contributed by atoms with Crippen LogP contribution in [0.1, 0.15) is 18.9 Å². The van der Waals surface area contributed by atoms with Crippen LogP contribution in [-0.2, 0) is 6.42 Å². The summed E-state index contributed by atoms with van der Waals surface area (Å²) in [5.74, 6) is 1.41. The Labute approximate surface area is 133 Å². The number of rotatable bonds is 5. The van der Waals surface area contributed by atoms with E-state index >= 15 is 0 Å². The third kappa shape index (κ3) is 4.23. The number of hydrogen-bond donors (Lipinski definition) is 1. The van der Waals surface area contributed by atoms with E-state index in [1.165, 1.54) is 5.56 Å². The highest BCUT2D eigenvalue weighted by molar-refractivity contribution is 9.10. The average molecular weight is 355 g/mol. The Balaban J connectivity index is 2.17. The minimum atomic E-state index is 0.180. The van der Waals surface area contributed by atoms with Crippen LogP contribution in [0.15, 0.2) is 46.9 Å². The minimum absolute atomic E-state index is 0.180. The molecule has 0 fully saturated rings. The van der Waals surface area contributed by atoms with Gasteiger partial charge in [0.2, 0.25) is 0 Å². The molecule has 0 radical (unpaired) electrons. The van der Waals surface area contributed by atoms with Gasteiger partial charge in [-0.1, -0.05) is 46.6 Å². The second-order valence-corrected chi connectivity index (χ2v) is 6.02. The van der Waals surface area contributed by atoms with Crippen LogP contribution in [0, 0.1) is 0 Å². The van der Waals surface area contributed by atoms with Gasteiger partial charge in [-0.25, -0.2) is 0 Å². The Morgan fingerprint density at radius 1 is 1.25 bits per heavy atom. The summed E-state index contributed by atoms with van der Waals surface area (Å²) < 4.78 is 6.77. The van der Waals surface area contributed by atoms with Gasteiger partial charge < -0.3 is 10.5 Å². The van der Waals surface area contributed by atoms with E-state index in [1.54, 1.807) is 6.07 Å². The van der Waals surface area contributed by atoms with Crippen LogP contribution in [0.5, 0.6) is 11.5 Å². The Hall–Kier alpha value is -1.03. The smallest absolute Gasteiger partial charge is 0.147 e. The summed E-state index contributed by atoms with van der Waals surface area (Å²) in [5.41, 5.74) is 7.15. The van der Waals surface area contributed by atoms with E-state index < -0.39 is 0 Å². The molecule has 0 spiro atoms. The lowest BCUT2D eigenvalue weighted by Crippen LogP contribution is -2.21. The number of benzene rings is 2. The molecule has 2 rings (SSSR count). The Bertz CT molecular complexity index is 588. The summed E-state index contributed by atoms with van der Waals surface area (Å²) in [6.45, 7) is 2.09. The van der Waals surface area contributed by atoms with Crippen molar-refractivity contribution in [3.05, 3.63) is 57.5 Å². The lowest BCUT2D eigenvalue weighted by atomic mass is 10.0. The highest BCUT2D eigenvalue weighted by Crippen LogP contribution is 2.32. The van der Waals surface area contributed by atoms with Gasteiger partial charge in [0.1, 0.15) is 11.5 Å². The summed E-state index contributed by atoms with van der Waals surface area (Å²) in [7, 11) is 0. The first kappa shape index (κ1) is 15.4. The highest BCUT2D eigenvalue weighted by Gasteiger charge is 2.06. The van der Waals surface area contributed by atoms with E-state index in [4.69, 9.17) is 22.1 Å². The maximum absolute atomic E-state index is 6.13. The van der Waals surface area contributed by atoms with Gasteiger partial charge in [-0.2, -0.15) is 0 Å². The molecule has 2 nitrogen and oxygen atoms in total. The van der Waals surface area contributed by atoms with Crippen molar-refractivity contribution in [2.45, 2.75) is 25.8 Å². The van der Waals surface area contributed by atoms with Crippen molar-refractivity contribution in [1.29, 1.82) is 0 Å². The second-order valence-electron chi connectivity index (χ2n) is 4.70. The molecule has 20 heavy (non-hydrogen) atoms. The van der Waals surface area contributed by atoms with E-state index in [0.29, 0.717) is 10.8 Å². The first-order valence-electron chi connectivity index (χ1n) is 6.56. The largest absolute Gasteiger partial charge is 0.456 e. The zero-order valence-electron chi connectivity index (χ0n) is 11.3. The third-order valence-corrected chi connectivity index (χ3v) is 3.85. The lowest BCUT2D eigenvalue weighted by molar-refractivity contribution is 0.481. The van der Waals surface area contributed by atoms with Gasteiger partial charge in [0.25, 0.3) is 0 Å². The summed E-state index contributed by atoms with van der Waals surface area (Å²) in [6, 6.07) is 13.7. The van der Waals surface area contributed by atoms with Gasteiger partial charge in [-0.15, -0.1) is 0 Å². The van der Waals surface area contributed by atoms with Gasteiger partial charge in [-0.3, -0.25) is 0 Å². The van der Waals surface area contributed by atoms with Crippen molar-refractivity contribution in [3.63, 3.8) is 0 Å². The molecule has 2 aromatic carbocycles. The summed E-state index contributed by atoms with van der Waals surface area (Å²) in [5, 5.41) is 0.587. The van der Waals surface area contributed by atoms with Gasteiger partial charge in [-0.05, 0) is 48.7 Å². The van der Waals surface area contributed by atoms with E-state index in [1.807, 2.05) is 30.3 Å². The van der Waals surface area contributed by atoms with E-state index in [2.05, 4.69) is 28.9 Å². The molecule has 0 heterocycles. The molecule has 1 atom stereocenters. The number of hydrogen-bond acceptors (Lipinski definition) is 2. The van der Waals surface area contributed by atoms with Crippen molar-refractivity contribution in [2.24, 2.45) is 5.73 Å². The molecule has 0 aliphatic carbocycles. The number of nitrogens with two attached hydrogens (primary N) is 1. The van der Waals surface area contributed by atoms with Crippen molar-refractivity contribution < 1.29 is 4.74 Å². The van der Waals surface area contributed by atoms with Crippen LogP contribution in [-0.4, -0.2) is 6.04 Å². The second kappa shape index (κ2) is 7.11. The number of ether oxygens (including phenoxy) is 1. The van der Waals surface area contributed by atoms with E-state index in [9.17, 15) is 0 Å². The molecule has 0 aliphatic rings. The van der Waals surface area contributed by atoms with Gasteiger partial charge in [0.15, 0.2) is 0 Å². The van der Waals surface area contributed by atoms with Crippen LogP contribution in [0.4, 0.5) is 0 Å². The SMILES string of the molecule is CCC(N)Cc1cccc(Oc2cc(Br)ccc2Cl)c1. The predicted molar refractivity (Wildman–Crippen MR) is 87.6 cm³/mol. The zero-order chi connectivity index (χ0) is 14.5. The van der Waals surface area contributed by atoms with Crippen LogP contribution in [0.25, 0.3) is 0 Å². The first-order valence-corrected chi connectivity index (χ1v) is 7.73. The molecule has 0 aliphatic heterocycles. The molecule has 4 heteroatoms. The maximum Gasteiger partial charge on any atom is 0.147 e. The molecule has 0 saturated carbocycles. The first-order chi connectivity index (χ1) is 9.58. The lowest BCUT2D eigenvalue weighted by Gasteiger charge is -2.11. The molecular formula is C16H17BrClNO. The fraction of sp³-hybridized carbons (Fsp3) is 0.250. The molecule has 0 bridgehead atoms. The highest BCUT2D eigenvalue weighted by atomic mass is 79.9. The van der Waals surface area contributed by atoms with Crippen LogP contribution in [0.3, 0.4) is 0 Å². The minimum Gasteiger partial charge on any atom is -0.456 e. The van der Waals surface area contributed by atoms with Crippen LogP contribution in [0.2, 0.25) is 5.02 Å². The Morgan fingerprint density at radius 3 is 2.80 bits per heavy atom. The topological polar surface area (TPSA) is 35.2 Å². The van der Waals surface area contributed by atoms with Crippen LogP contribution < -0.4 is 10.5 Å². The van der Waals surface area contributed by atoms with Gasteiger partial charge >= 0.3 is 0 Å². The third-order valence-electron chi connectivity index (χ3n) is 3.04. The monoisotopic (exact) mass is 353 g/mol. The normalized spacial score (nSPS) is 12.2. The molecular weight excluding hydrogens is 338 g/mol. The van der Waals surface area contributed by atoms with Crippen molar-refractivity contribution in [2.75, 3.05) is 0 Å².